The number of hydrogen-bond acceptors (Lipinski definition) is 2. The third-order valence-electron chi connectivity index (χ3n) is 5.34. The minimum atomic E-state index is 0.316. The molecule has 2 aromatic carbocycles. The molecule has 1 unspecified atom stereocenters. The van der Waals surface area contributed by atoms with Crippen molar-refractivity contribution in [2.24, 2.45) is 0 Å². The summed E-state index contributed by atoms with van der Waals surface area (Å²) in [6, 6.07) is 10.8. The summed E-state index contributed by atoms with van der Waals surface area (Å²) in [5.74, 6) is 2.02. The lowest BCUT2D eigenvalue weighted by atomic mass is 10.0. The summed E-state index contributed by atoms with van der Waals surface area (Å²) < 4.78 is 12.4. The lowest BCUT2D eigenvalue weighted by molar-refractivity contribution is 0.183. The first kappa shape index (κ1) is 23.1. The highest BCUT2D eigenvalue weighted by molar-refractivity contribution is 9.09. The zero-order valence-electron chi connectivity index (χ0n) is 17.9. The van der Waals surface area contributed by atoms with Crippen molar-refractivity contribution < 1.29 is 9.47 Å². The van der Waals surface area contributed by atoms with E-state index in [1.165, 1.54) is 48.4 Å². The first-order valence-corrected chi connectivity index (χ1v) is 12.3. The van der Waals surface area contributed by atoms with Crippen LogP contribution in [0.1, 0.15) is 77.7 Å². The highest BCUT2D eigenvalue weighted by Crippen LogP contribution is 2.32. The van der Waals surface area contributed by atoms with Crippen LogP contribution < -0.4 is 9.47 Å². The lowest BCUT2D eigenvalue weighted by Gasteiger charge is -2.19. The molecule has 2 aromatic rings. The zero-order valence-corrected chi connectivity index (χ0v) is 19.5. The molecule has 28 heavy (non-hydrogen) atoms. The van der Waals surface area contributed by atoms with E-state index >= 15 is 0 Å². The Kier molecular flexibility index (Phi) is 10.8. The van der Waals surface area contributed by atoms with Gasteiger partial charge in [-0.3, -0.25) is 0 Å². The molecule has 156 valence electrons. The average molecular weight is 449 g/mol. The Morgan fingerprint density at radius 3 is 2.50 bits per heavy atom. The number of unbranched alkanes of at least 4 members (excludes halogenated alkanes) is 4. The van der Waals surface area contributed by atoms with Crippen LogP contribution in [0.4, 0.5) is 0 Å². The molecule has 0 aromatic heterocycles. The van der Waals surface area contributed by atoms with Crippen molar-refractivity contribution in [2.45, 2.75) is 84.7 Å². The monoisotopic (exact) mass is 448 g/mol. The molecule has 0 amide bonds. The van der Waals surface area contributed by atoms with Gasteiger partial charge in [-0.1, -0.05) is 61.7 Å². The molecule has 0 aliphatic rings. The molecule has 0 aliphatic heterocycles. The van der Waals surface area contributed by atoms with Gasteiger partial charge < -0.3 is 9.47 Å². The van der Waals surface area contributed by atoms with Crippen molar-refractivity contribution in [3.63, 3.8) is 0 Å². The van der Waals surface area contributed by atoms with Crippen LogP contribution in [-0.2, 0) is 6.42 Å². The van der Waals surface area contributed by atoms with E-state index in [0.717, 1.165) is 49.1 Å². The Hall–Kier alpha value is -1.22. The number of ether oxygens (including phenoxy) is 2. The minimum Gasteiger partial charge on any atom is -0.493 e. The highest BCUT2D eigenvalue weighted by atomic mass is 79.9. The topological polar surface area (TPSA) is 18.5 Å². The van der Waals surface area contributed by atoms with Gasteiger partial charge in [0.05, 0.1) is 12.7 Å². The van der Waals surface area contributed by atoms with Crippen molar-refractivity contribution >= 4 is 26.7 Å². The number of alkyl halides is 1. The second kappa shape index (κ2) is 13.1. The number of halogens is 1. The van der Waals surface area contributed by atoms with Gasteiger partial charge in [0.2, 0.25) is 0 Å². The predicted molar refractivity (Wildman–Crippen MR) is 125 cm³/mol. The van der Waals surface area contributed by atoms with E-state index < -0.39 is 0 Å². The van der Waals surface area contributed by atoms with Gasteiger partial charge in [-0.05, 0) is 73.9 Å². The number of hydrogen-bond donors (Lipinski definition) is 0. The molecule has 2 nitrogen and oxygen atoms in total. The van der Waals surface area contributed by atoms with E-state index in [0.29, 0.717) is 6.10 Å². The molecular formula is C25H37BrO2. The van der Waals surface area contributed by atoms with Crippen molar-refractivity contribution in [3.05, 3.63) is 35.9 Å². The summed E-state index contributed by atoms with van der Waals surface area (Å²) >= 11 is 3.49. The second-order valence-corrected chi connectivity index (χ2v) is 8.31. The average Bonchev–Trinajstić information content (AvgIpc) is 2.72. The normalized spacial score (nSPS) is 12.3. The first-order chi connectivity index (χ1) is 13.7. The Morgan fingerprint density at radius 1 is 0.929 bits per heavy atom. The summed E-state index contributed by atoms with van der Waals surface area (Å²) in [6.07, 6.45) is 10.8. The van der Waals surface area contributed by atoms with Crippen LogP contribution in [-0.4, -0.2) is 18.0 Å². The smallest absolute Gasteiger partial charge is 0.123 e. The van der Waals surface area contributed by atoms with Gasteiger partial charge in [-0.15, -0.1) is 0 Å². The minimum absolute atomic E-state index is 0.316. The summed E-state index contributed by atoms with van der Waals surface area (Å²) in [5.41, 5.74) is 1.31. The van der Waals surface area contributed by atoms with E-state index in [1.807, 2.05) is 0 Å². The molecule has 0 radical (unpaired) electrons. The standard InChI is InChI=1S/C25H37BrO2/c1-4-7-9-12-21(5-2)28-22-14-15-24-20(19-22)13-16-25(23(24)6-3)27-18-11-8-10-17-26/h13-16,19,21H,4-12,17-18H2,1-3H3. The maximum absolute atomic E-state index is 6.29. The third kappa shape index (κ3) is 6.99. The molecule has 0 bridgehead atoms. The number of benzene rings is 2. The maximum Gasteiger partial charge on any atom is 0.123 e. The molecule has 0 heterocycles. The molecule has 2 rings (SSSR count). The van der Waals surface area contributed by atoms with E-state index in [1.54, 1.807) is 0 Å². The molecule has 3 heteroatoms. The van der Waals surface area contributed by atoms with E-state index in [-0.39, 0.29) is 0 Å². The van der Waals surface area contributed by atoms with Crippen LogP contribution in [0.3, 0.4) is 0 Å². The third-order valence-corrected chi connectivity index (χ3v) is 5.90. The molecule has 0 spiro atoms. The van der Waals surface area contributed by atoms with Gasteiger partial charge in [0.1, 0.15) is 11.5 Å². The van der Waals surface area contributed by atoms with Crippen molar-refractivity contribution in [1.82, 2.24) is 0 Å². The van der Waals surface area contributed by atoms with Crippen LogP contribution in [0, 0.1) is 0 Å². The Bertz CT molecular complexity index is 698. The quantitative estimate of drug-likeness (QED) is 0.214. The Balaban J connectivity index is 2.08. The number of fused-ring (bicyclic) bond motifs is 1. The molecule has 1 atom stereocenters. The largest absolute Gasteiger partial charge is 0.493 e. The van der Waals surface area contributed by atoms with Gasteiger partial charge in [-0.25, -0.2) is 0 Å². The van der Waals surface area contributed by atoms with Gasteiger partial charge in [0.15, 0.2) is 0 Å². The van der Waals surface area contributed by atoms with Crippen molar-refractivity contribution in [2.75, 3.05) is 11.9 Å². The van der Waals surface area contributed by atoms with E-state index in [2.05, 4.69) is 67.0 Å². The van der Waals surface area contributed by atoms with Crippen LogP contribution >= 0.6 is 15.9 Å². The summed E-state index contributed by atoms with van der Waals surface area (Å²) in [6.45, 7) is 7.46. The molecule has 0 N–H and O–H groups in total. The van der Waals surface area contributed by atoms with Gasteiger partial charge >= 0.3 is 0 Å². The first-order valence-electron chi connectivity index (χ1n) is 11.1. The van der Waals surface area contributed by atoms with Gasteiger partial charge in [0, 0.05) is 10.9 Å². The maximum atomic E-state index is 6.29. The zero-order chi connectivity index (χ0) is 20.2. The van der Waals surface area contributed by atoms with E-state index in [4.69, 9.17) is 9.47 Å². The van der Waals surface area contributed by atoms with Crippen molar-refractivity contribution in [3.8, 4) is 11.5 Å². The number of aryl methyl sites for hydroxylation is 1. The fourth-order valence-electron chi connectivity index (χ4n) is 3.64. The molecular weight excluding hydrogens is 412 g/mol. The van der Waals surface area contributed by atoms with Gasteiger partial charge in [0.25, 0.3) is 0 Å². The summed E-state index contributed by atoms with van der Waals surface area (Å²) in [4.78, 5) is 0. The Morgan fingerprint density at radius 2 is 1.79 bits per heavy atom. The summed E-state index contributed by atoms with van der Waals surface area (Å²) in [5, 5.41) is 3.60. The SMILES string of the molecule is CCCCCC(CC)Oc1ccc2c(CC)c(OCCCCCBr)ccc2c1. The highest BCUT2D eigenvalue weighted by Gasteiger charge is 2.11. The predicted octanol–water partition coefficient (Wildman–Crippen LogP) is 8.08. The fraction of sp³-hybridized carbons (Fsp3) is 0.600. The lowest BCUT2D eigenvalue weighted by Crippen LogP contribution is -2.15. The van der Waals surface area contributed by atoms with Crippen molar-refractivity contribution in [1.29, 1.82) is 0 Å². The second-order valence-electron chi connectivity index (χ2n) is 7.52. The molecule has 0 aliphatic carbocycles. The summed E-state index contributed by atoms with van der Waals surface area (Å²) in [7, 11) is 0. The van der Waals surface area contributed by atoms with Crippen LogP contribution in [0.15, 0.2) is 30.3 Å². The molecule has 0 saturated heterocycles. The fourth-order valence-corrected chi connectivity index (χ4v) is 4.04. The molecule has 0 saturated carbocycles. The van der Waals surface area contributed by atoms with E-state index in [9.17, 15) is 0 Å². The van der Waals surface area contributed by atoms with Crippen LogP contribution in [0.25, 0.3) is 10.8 Å². The number of rotatable bonds is 14. The molecule has 0 fully saturated rings. The van der Waals surface area contributed by atoms with Crippen LogP contribution in [0.2, 0.25) is 0 Å². The van der Waals surface area contributed by atoms with Gasteiger partial charge in [-0.2, -0.15) is 0 Å². The Labute approximate surface area is 180 Å². The van der Waals surface area contributed by atoms with Crippen LogP contribution in [0.5, 0.6) is 11.5 Å².